The lowest BCUT2D eigenvalue weighted by Gasteiger charge is -2.14. The molecule has 0 unspecified atom stereocenters. The number of primary amides is 1. The third kappa shape index (κ3) is 3.92. The van der Waals surface area contributed by atoms with Gasteiger partial charge in [0.15, 0.2) is 0 Å². The van der Waals surface area contributed by atoms with Crippen molar-refractivity contribution < 1.29 is 4.79 Å². The summed E-state index contributed by atoms with van der Waals surface area (Å²) in [6, 6.07) is 3.65. The molecule has 86 valence electrons. The van der Waals surface area contributed by atoms with Crippen LogP contribution in [0.1, 0.15) is 11.3 Å². The molecule has 5 nitrogen and oxygen atoms in total. The number of thiocarbonyl (C=S) groups is 1. The van der Waals surface area contributed by atoms with Gasteiger partial charge < -0.3 is 11.5 Å². The second kappa shape index (κ2) is 5.53. The first-order valence-corrected chi connectivity index (χ1v) is 5.11. The Bertz CT molecular complexity index is 408. The lowest BCUT2D eigenvalue weighted by Crippen LogP contribution is -2.30. The summed E-state index contributed by atoms with van der Waals surface area (Å²) in [5.74, 6) is -0.355. The Morgan fingerprint density at radius 2 is 2.25 bits per heavy atom. The molecule has 16 heavy (non-hydrogen) atoms. The highest BCUT2D eigenvalue weighted by molar-refractivity contribution is 7.80. The van der Waals surface area contributed by atoms with Crippen molar-refractivity contribution in [3.05, 3.63) is 29.6 Å². The summed E-state index contributed by atoms with van der Waals surface area (Å²) in [4.78, 5) is 16.8. The molecular weight excluding hydrogens is 224 g/mol. The van der Waals surface area contributed by atoms with Gasteiger partial charge in [0, 0.05) is 12.7 Å². The molecule has 0 saturated carbocycles. The number of nitrogens with two attached hydrogens (primary N) is 2. The largest absolute Gasteiger partial charge is 0.388 e. The molecule has 1 aromatic heterocycles. The Morgan fingerprint density at radius 1 is 1.56 bits per heavy atom. The number of hydrogen-bond donors (Lipinski definition) is 2. The molecule has 0 saturated heterocycles. The molecule has 0 aliphatic rings. The van der Waals surface area contributed by atoms with Gasteiger partial charge >= 0.3 is 0 Å². The van der Waals surface area contributed by atoms with E-state index in [1.807, 2.05) is 13.1 Å². The summed E-state index contributed by atoms with van der Waals surface area (Å²) in [6.45, 7) is 0.811. The van der Waals surface area contributed by atoms with Gasteiger partial charge in [-0.05, 0) is 24.7 Å². The number of carbonyl (C=O) groups is 1. The number of amides is 1. The molecule has 0 radical (unpaired) electrons. The van der Waals surface area contributed by atoms with Crippen LogP contribution in [-0.4, -0.2) is 34.4 Å². The van der Waals surface area contributed by atoms with E-state index < -0.39 is 0 Å². The van der Waals surface area contributed by atoms with E-state index in [9.17, 15) is 4.79 Å². The molecule has 1 rings (SSSR count). The van der Waals surface area contributed by atoms with Crippen molar-refractivity contribution in [2.75, 3.05) is 13.6 Å². The quantitative estimate of drug-likeness (QED) is 0.684. The number of nitrogens with zero attached hydrogens (tertiary/aromatic N) is 2. The van der Waals surface area contributed by atoms with Crippen molar-refractivity contribution >= 4 is 23.1 Å². The van der Waals surface area contributed by atoms with Crippen molar-refractivity contribution in [2.45, 2.75) is 6.54 Å². The monoisotopic (exact) mass is 238 g/mol. The van der Waals surface area contributed by atoms with E-state index in [1.54, 1.807) is 17.2 Å². The maximum absolute atomic E-state index is 10.7. The average Bonchev–Trinajstić information content (AvgIpc) is 2.16. The molecule has 0 fully saturated rings. The highest BCUT2D eigenvalue weighted by atomic mass is 32.1. The van der Waals surface area contributed by atoms with Crippen LogP contribution < -0.4 is 11.5 Å². The predicted octanol–water partition coefficient (Wildman–Crippen LogP) is -0.367. The highest BCUT2D eigenvalue weighted by Crippen LogP contribution is 2.04. The van der Waals surface area contributed by atoms with Gasteiger partial charge in [-0.1, -0.05) is 12.2 Å². The van der Waals surface area contributed by atoms with E-state index >= 15 is 0 Å². The van der Waals surface area contributed by atoms with Crippen molar-refractivity contribution in [1.82, 2.24) is 9.88 Å². The number of aromatic nitrogens is 1. The Labute approximate surface area is 99.4 Å². The molecule has 6 heteroatoms. The van der Waals surface area contributed by atoms with Gasteiger partial charge in [0.05, 0.1) is 12.2 Å². The second-order valence-corrected chi connectivity index (χ2v) is 3.99. The van der Waals surface area contributed by atoms with Crippen LogP contribution in [0.25, 0.3) is 0 Å². The van der Waals surface area contributed by atoms with Crippen LogP contribution in [0, 0.1) is 0 Å². The fraction of sp³-hybridized carbons (Fsp3) is 0.300. The minimum absolute atomic E-state index is 0.213. The Balaban J connectivity index is 2.70. The maximum atomic E-state index is 10.7. The van der Waals surface area contributed by atoms with E-state index in [4.69, 9.17) is 23.7 Å². The Morgan fingerprint density at radius 3 is 2.81 bits per heavy atom. The van der Waals surface area contributed by atoms with Gasteiger partial charge in [-0.25, -0.2) is 0 Å². The minimum atomic E-state index is -0.355. The van der Waals surface area contributed by atoms with E-state index in [1.165, 1.54) is 0 Å². The van der Waals surface area contributed by atoms with Crippen molar-refractivity contribution in [3.63, 3.8) is 0 Å². The number of pyridine rings is 1. The average molecular weight is 238 g/mol. The number of likely N-dealkylation sites (N-methyl/N-ethyl adjacent to an activating group) is 1. The minimum Gasteiger partial charge on any atom is -0.388 e. The zero-order valence-electron chi connectivity index (χ0n) is 9.01. The van der Waals surface area contributed by atoms with Crippen molar-refractivity contribution in [3.8, 4) is 0 Å². The SMILES string of the molecule is CN(CC(N)=O)Cc1ccnc(C(N)=S)c1. The van der Waals surface area contributed by atoms with Gasteiger partial charge in [-0.2, -0.15) is 0 Å². The molecule has 0 aliphatic carbocycles. The number of hydrogen-bond acceptors (Lipinski definition) is 4. The lowest BCUT2D eigenvalue weighted by atomic mass is 10.2. The molecule has 0 spiro atoms. The van der Waals surface area contributed by atoms with Gasteiger partial charge in [0.25, 0.3) is 0 Å². The molecule has 0 aliphatic heterocycles. The van der Waals surface area contributed by atoms with Crippen molar-refractivity contribution in [2.24, 2.45) is 11.5 Å². The van der Waals surface area contributed by atoms with E-state index in [2.05, 4.69) is 4.98 Å². The first-order chi connectivity index (χ1) is 7.49. The zero-order valence-corrected chi connectivity index (χ0v) is 9.83. The molecule has 1 amide bonds. The van der Waals surface area contributed by atoms with E-state index in [0.717, 1.165) is 5.56 Å². The summed E-state index contributed by atoms with van der Waals surface area (Å²) < 4.78 is 0. The fourth-order valence-corrected chi connectivity index (χ4v) is 1.45. The molecular formula is C10H14N4OS. The zero-order chi connectivity index (χ0) is 12.1. The first kappa shape index (κ1) is 12.5. The summed E-state index contributed by atoms with van der Waals surface area (Å²) in [6.07, 6.45) is 1.64. The normalized spacial score (nSPS) is 10.4. The summed E-state index contributed by atoms with van der Waals surface area (Å²) in [7, 11) is 1.81. The smallest absolute Gasteiger partial charge is 0.231 e. The molecule has 1 heterocycles. The summed E-state index contributed by atoms with van der Waals surface area (Å²) in [5.41, 5.74) is 12.1. The summed E-state index contributed by atoms with van der Waals surface area (Å²) >= 11 is 4.83. The van der Waals surface area contributed by atoms with Gasteiger partial charge in [0.1, 0.15) is 4.99 Å². The highest BCUT2D eigenvalue weighted by Gasteiger charge is 2.05. The Kier molecular flexibility index (Phi) is 4.33. The van der Waals surface area contributed by atoms with Gasteiger partial charge in [-0.3, -0.25) is 14.7 Å². The molecule has 0 aromatic carbocycles. The molecule has 0 atom stereocenters. The fourth-order valence-electron chi connectivity index (χ4n) is 1.34. The maximum Gasteiger partial charge on any atom is 0.231 e. The summed E-state index contributed by atoms with van der Waals surface area (Å²) in [5, 5.41) is 0. The van der Waals surface area contributed by atoms with Crippen molar-refractivity contribution in [1.29, 1.82) is 0 Å². The topological polar surface area (TPSA) is 85.2 Å². The molecule has 0 bridgehead atoms. The third-order valence-corrected chi connectivity index (χ3v) is 2.16. The van der Waals surface area contributed by atoms with Crippen LogP contribution in [0.3, 0.4) is 0 Å². The van der Waals surface area contributed by atoms with Gasteiger partial charge in [-0.15, -0.1) is 0 Å². The van der Waals surface area contributed by atoms with E-state index in [-0.39, 0.29) is 17.4 Å². The van der Waals surface area contributed by atoms with Gasteiger partial charge in [0.2, 0.25) is 5.91 Å². The Hall–Kier alpha value is -1.53. The molecule has 4 N–H and O–H groups in total. The van der Waals surface area contributed by atoms with Crippen LogP contribution >= 0.6 is 12.2 Å². The standard InChI is InChI=1S/C10H14N4OS/c1-14(6-9(11)15)5-7-2-3-13-8(4-7)10(12)16/h2-4H,5-6H2,1H3,(H2,11,15)(H2,12,16). The third-order valence-electron chi connectivity index (χ3n) is 1.96. The van der Waals surface area contributed by atoms with Crippen LogP contribution in [0.15, 0.2) is 18.3 Å². The lowest BCUT2D eigenvalue weighted by molar-refractivity contribution is -0.118. The second-order valence-electron chi connectivity index (χ2n) is 3.55. The van der Waals surface area contributed by atoms with Crippen LogP contribution in [0.5, 0.6) is 0 Å². The van der Waals surface area contributed by atoms with Crippen LogP contribution in [0.2, 0.25) is 0 Å². The van der Waals surface area contributed by atoms with E-state index in [0.29, 0.717) is 12.2 Å². The predicted molar refractivity (Wildman–Crippen MR) is 65.7 cm³/mol. The molecule has 1 aromatic rings. The number of carbonyl (C=O) groups excluding carboxylic acids is 1. The van der Waals surface area contributed by atoms with Crippen LogP contribution in [-0.2, 0) is 11.3 Å². The number of rotatable bonds is 5. The first-order valence-electron chi connectivity index (χ1n) is 4.70. The van der Waals surface area contributed by atoms with Crippen LogP contribution in [0.4, 0.5) is 0 Å².